The SMILES string of the molecule is Clc1ccc(NC[C@@H]2CCCCN2)cn1. The Balaban J connectivity index is 1.79. The predicted octanol–water partition coefficient (Wildman–Crippen LogP) is 2.29. The molecular weight excluding hydrogens is 210 g/mol. The van der Waals surface area contributed by atoms with E-state index in [1.54, 1.807) is 12.3 Å². The van der Waals surface area contributed by atoms with Gasteiger partial charge in [0.15, 0.2) is 0 Å². The van der Waals surface area contributed by atoms with Gasteiger partial charge in [0.2, 0.25) is 0 Å². The molecule has 1 saturated heterocycles. The second kappa shape index (κ2) is 5.33. The maximum absolute atomic E-state index is 5.71. The molecule has 1 fully saturated rings. The molecule has 1 atom stereocenters. The molecule has 0 aromatic carbocycles. The van der Waals surface area contributed by atoms with Crippen LogP contribution in [0.5, 0.6) is 0 Å². The highest BCUT2D eigenvalue weighted by Gasteiger charge is 2.11. The molecule has 0 unspecified atom stereocenters. The molecule has 0 saturated carbocycles. The van der Waals surface area contributed by atoms with E-state index in [2.05, 4.69) is 15.6 Å². The lowest BCUT2D eigenvalue weighted by Crippen LogP contribution is -2.39. The van der Waals surface area contributed by atoms with Crippen LogP contribution < -0.4 is 10.6 Å². The second-order valence-corrected chi connectivity index (χ2v) is 4.28. The number of piperidine rings is 1. The third-order valence-electron chi connectivity index (χ3n) is 2.69. The van der Waals surface area contributed by atoms with E-state index < -0.39 is 0 Å². The van der Waals surface area contributed by atoms with Gasteiger partial charge in [0.1, 0.15) is 5.15 Å². The molecule has 2 heterocycles. The first-order chi connectivity index (χ1) is 7.34. The average Bonchev–Trinajstić information content (AvgIpc) is 2.30. The summed E-state index contributed by atoms with van der Waals surface area (Å²) in [4.78, 5) is 4.03. The van der Waals surface area contributed by atoms with E-state index in [4.69, 9.17) is 11.6 Å². The summed E-state index contributed by atoms with van der Waals surface area (Å²) in [5.41, 5.74) is 1.03. The number of anilines is 1. The van der Waals surface area contributed by atoms with Gasteiger partial charge in [-0.15, -0.1) is 0 Å². The first kappa shape index (κ1) is 10.7. The third-order valence-corrected chi connectivity index (χ3v) is 2.92. The van der Waals surface area contributed by atoms with Gasteiger partial charge >= 0.3 is 0 Å². The molecule has 0 bridgehead atoms. The summed E-state index contributed by atoms with van der Waals surface area (Å²) < 4.78 is 0. The summed E-state index contributed by atoms with van der Waals surface area (Å²) in [5, 5.41) is 7.39. The molecular formula is C11H16ClN3. The summed E-state index contributed by atoms with van der Waals surface area (Å²) in [6.45, 7) is 2.11. The first-order valence-electron chi connectivity index (χ1n) is 5.43. The highest BCUT2D eigenvalue weighted by molar-refractivity contribution is 6.29. The van der Waals surface area contributed by atoms with Gasteiger partial charge in [-0.1, -0.05) is 18.0 Å². The number of nitrogens with one attached hydrogen (secondary N) is 2. The molecule has 2 N–H and O–H groups in total. The van der Waals surface area contributed by atoms with Crippen molar-refractivity contribution in [2.75, 3.05) is 18.4 Å². The molecule has 1 aromatic rings. The van der Waals surface area contributed by atoms with Crippen molar-refractivity contribution in [3.63, 3.8) is 0 Å². The van der Waals surface area contributed by atoms with Crippen LogP contribution in [0.15, 0.2) is 18.3 Å². The van der Waals surface area contributed by atoms with Gasteiger partial charge in [-0.05, 0) is 31.5 Å². The minimum atomic E-state index is 0.538. The molecule has 0 radical (unpaired) electrons. The van der Waals surface area contributed by atoms with Crippen LogP contribution in [0.25, 0.3) is 0 Å². The van der Waals surface area contributed by atoms with Gasteiger partial charge in [0, 0.05) is 12.6 Å². The lowest BCUT2D eigenvalue weighted by molar-refractivity contribution is 0.414. The van der Waals surface area contributed by atoms with Crippen molar-refractivity contribution in [1.29, 1.82) is 0 Å². The Hall–Kier alpha value is -0.800. The topological polar surface area (TPSA) is 37.0 Å². The van der Waals surface area contributed by atoms with Crippen molar-refractivity contribution >= 4 is 17.3 Å². The number of halogens is 1. The van der Waals surface area contributed by atoms with Gasteiger partial charge < -0.3 is 10.6 Å². The fraction of sp³-hybridized carbons (Fsp3) is 0.545. The summed E-state index contributed by atoms with van der Waals surface area (Å²) in [5.74, 6) is 0. The minimum Gasteiger partial charge on any atom is -0.382 e. The third kappa shape index (κ3) is 3.36. The number of pyridine rings is 1. The van der Waals surface area contributed by atoms with E-state index >= 15 is 0 Å². The fourth-order valence-electron chi connectivity index (χ4n) is 1.82. The molecule has 1 aliphatic heterocycles. The predicted molar refractivity (Wildman–Crippen MR) is 63.4 cm³/mol. The standard InChI is InChI=1S/C11H16ClN3/c12-11-5-4-10(8-15-11)14-7-9-3-1-2-6-13-9/h4-5,8-9,13-14H,1-3,6-7H2/t9-/m0/s1. The molecule has 2 rings (SSSR count). The Labute approximate surface area is 95.2 Å². The van der Waals surface area contributed by atoms with Crippen molar-refractivity contribution in [2.45, 2.75) is 25.3 Å². The van der Waals surface area contributed by atoms with E-state index in [1.807, 2.05) is 6.07 Å². The zero-order valence-electron chi connectivity index (χ0n) is 8.67. The van der Waals surface area contributed by atoms with Crippen LogP contribution in [0.2, 0.25) is 5.15 Å². The summed E-state index contributed by atoms with van der Waals surface area (Å²) in [6.07, 6.45) is 5.66. The monoisotopic (exact) mass is 225 g/mol. The van der Waals surface area contributed by atoms with Crippen LogP contribution in [0, 0.1) is 0 Å². The average molecular weight is 226 g/mol. The molecule has 4 heteroatoms. The molecule has 0 aliphatic carbocycles. The Morgan fingerprint density at radius 3 is 3.07 bits per heavy atom. The van der Waals surface area contributed by atoms with Crippen LogP contribution in [0.4, 0.5) is 5.69 Å². The Morgan fingerprint density at radius 1 is 1.47 bits per heavy atom. The number of hydrogen-bond acceptors (Lipinski definition) is 3. The van der Waals surface area contributed by atoms with Crippen molar-refractivity contribution < 1.29 is 0 Å². The van der Waals surface area contributed by atoms with E-state index in [-0.39, 0.29) is 0 Å². The molecule has 1 aromatic heterocycles. The molecule has 3 nitrogen and oxygen atoms in total. The zero-order chi connectivity index (χ0) is 10.5. The zero-order valence-corrected chi connectivity index (χ0v) is 9.43. The summed E-state index contributed by atoms with van der Waals surface area (Å²) >= 11 is 5.71. The number of nitrogens with zero attached hydrogens (tertiary/aromatic N) is 1. The van der Waals surface area contributed by atoms with E-state index in [1.165, 1.54) is 19.3 Å². The van der Waals surface area contributed by atoms with Crippen LogP contribution in [0.1, 0.15) is 19.3 Å². The Morgan fingerprint density at radius 2 is 2.40 bits per heavy atom. The molecule has 0 spiro atoms. The first-order valence-corrected chi connectivity index (χ1v) is 5.81. The van der Waals surface area contributed by atoms with Gasteiger partial charge in [-0.25, -0.2) is 4.98 Å². The van der Waals surface area contributed by atoms with Gasteiger partial charge in [0.05, 0.1) is 11.9 Å². The second-order valence-electron chi connectivity index (χ2n) is 3.90. The van der Waals surface area contributed by atoms with Gasteiger partial charge in [0.25, 0.3) is 0 Å². The molecule has 1 aliphatic rings. The van der Waals surface area contributed by atoms with Crippen molar-refractivity contribution in [1.82, 2.24) is 10.3 Å². The number of aromatic nitrogens is 1. The highest BCUT2D eigenvalue weighted by atomic mass is 35.5. The normalized spacial score (nSPS) is 21.3. The molecule has 0 amide bonds. The van der Waals surface area contributed by atoms with Crippen molar-refractivity contribution in [3.05, 3.63) is 23.5 Å². The lowest BCUT2D eigenvalue weighted by Gasteiger charge is -2.23. The smallest absolute Gasteiger partial charge is 0.129 e. The van der Waals surface area contributed by atoms with Crippen LogP contribution in [-0.2, 0) is 0 Å². The number of rotatable bonds is 3. The molecule has 82 valence electrons. The van der Waals surface area contributed by atoms with Crippen LogP contribution >= 0.6 is 11.6 Å². The minimum absolute atomic E-state index is 0.538. The maximum Gasteiger partial charge on any atom is 0.129 e. The largest absolute Gasteiger partial charge is 0.382 e. The summed E-state index contributed by atoms with van der Waals surface area (Å²) in [6, 6.07) is 4.35. The Kier molecular flexibility index (Phi) is 3.80. The van der Waals surface area contributed by atoms with E-state index in [9.17, 15) is 0 Å². The quantitative estimate of drug-likeness (QED) is 0.776. The van der Waals surface area contributed by atoms with Crippen LogP contribution in [0.3, 0.4) is 0 Å². The number of hydrogen-bond donors (Lipinski definition) is 2. The lowest BCUT2D eigenvalue weighted by atomic mass is 10.1. The maximum atomic E-state index is 5.71. The highest BCUT2D eigenvalue weighted by Crippen LogP contribution is 2.11. The molecule has 15 heavy (non-hydrogen) atoms. The van der Waals surface area contributed by atoms with E-state index in [0.717, 1.165) is 18.8 Å². The Bertz CT molecular complexity index is 293. The van der Waals surface area contributed by atoms with Gasteiger partial charge in [-0.3, -0.25) is 0 Å². The van der Waals surface area contributed by atoms with Crippen molar-refractivity contribution in [3.8, 4) is 0 Å². The van der Waals surface area contributed by atoms with E-state index in [0.29, 0.717) is 11.2 Å². The fourth-order valence-corrected chi connectivity index (χ4v) is 1.93. The van der Waals surface area contributed by atoms with Crippen molar-refractivity contribution in [2.24, 2.45) is 0 Å². The van der Waals surface area contributed by atoms with Crippen LogP contribution in [-0.4, -0.2) is 24.1 Å². The summed E-state index contributed by atoms with van der Waals surface area (Å²) in [7, 11) is 0. The van der Waals surface area contributed by atoms with Gasteiger partial charge in [-0.2, -0.15) is 0 Å².